The number of benzene rings is 3. The zero-order valence-electron chi connectivity index (χ0n) is 15.9. The van der Waals surface area contributed by atoms with E-state index >= 15 is 0 Å². The SMILES string of the molecule is Cc1cc(NC(=O)/C=C/c2ccc(OCc3ccccc3)cc2)ccc1[N+](=O)[O-]. The Hall–Kier alpha value is -3.93. The Bertz CT molecular complexity index is 1030. The van der Waals surface area contributed by atoms with Gasteiger partial charge in [-0.2, -0.15) is 0 Å². The van der Waals surface area contributed by atoms with Gasteiger partial charge in [-0.25, -0.2) is 0 Å². The Balaban J connectivity index is 1.54. The van der Waals surface area contributed by atoms with Crippen molar-refractivity contribution in [1.82, 2.24) is 0 Å². The fourth-order valence-corrected chi connectivity index (χ4v) is 2.71. The van der Waals surface area contributed by atoms with Crippen LogP contribution in [0.1, 0.15) is 16.7 Å². The van der Waals surface area contributed by atoms with E-state index in [1.165, 1.54) is 18.2 Å². The number of carbonyl (C=O) groups is 1. The number of carbonyl (C=O) groups excluding carboxylic acids is 1. The van der Waals surface area contributed by atoms with Crippen molar-refractivity contribution >= 4 is 23.4 Å². The second-order valence-electron chi connectivity index (χ2n) is 6.42. The first kappa shape index (κ1) is 19.8. The van der Waals surface area contributed by atoms with Gasteiger partial charge in [0.15, 0.2) is 0 Å². The average molecular weight is 388 g/mol. The molecule has 0 saturated carbocycles. The Morgan fingerprint density at radius 2 is 1.79 bits per heavy atom. The van der Waals surface area contributed by atoms with Crippen LogP contribution in [0.5, 0.6) is 5.75 Å². The van der Waals surface area contributed by atoms with E-state index in [4.69, 9.17) is 4.74 Å². The number of rotatable bonds is 7. The Morgan fingerprint density at radius 3 is 2.45 bits per heavy atom. The number of nitro benzene ring substituents is 1. The molecule has 0 saturated heterocycles. The number of hydrogen-bond acceptors (Lipinski definition) is 4. The summed E-state index contributed by atoms with van der Waals surface area (Å²) in [6, 6.07) is 21.8. The standard InChI is InChI=1S/C23H20N2O4/c1-17-15-20(10-13-22(17)25(27)28)24-23(26)14-9-18-7-11-21(12-8-18)29-16-19-5-3-2-4-6-19/h2-15H,16H2,1H3,(H,24,26)/b14-9+. The van der Waals surface area contributed by atoms with Crippen molar-refractivity contribution in [3.63, 3.8) is 0 Å². The van der Waals surface area contributed by atoms with Gasteiger partial charge in [-0.05, 0) is 48.4 Å². The van der Waals surface area contributed by atoms with Crippen LogP contribution in [0.25, 0.3) is 6.08 Å². The van der Waals surface area contributed by atoms with Crippen molar-refractivity contribution in [1.29, 1.82) is 0 Å². The van der Waals surface area contributed by atoms with Crippen LogP contribution in [0.4, 0.5) is 11.4 Å². The molecule has 6 heteroatoms. The highest BCUT2D eigenvalue weighted by molar-refractivity contribution is 6.02. The van der Waals surface area contributed by atoms with Gasteiger partial charge in [-0.1, -0.05) is 42.5 Å². The third-order valence-electron chi connectivity index (χ3n) is 4.22. The first-order valence-electron chi connectivity index (χ1n) is 9.02. The monoisotopic (exact) mass is 388 g/mol. The number of aryl methyl sites for hydroxylation is 1. The molecule has 0 aliphatic heterocycles. The molecule has 3 aromatic carbocycles. The largest absolute Gasteiger partial charge is 0.489 e. The highest BCUT2D eigenvalue weighted by Gasteiger charge is 2.10. The maximum atomic E-state index is 12.1. The summed E-state index contributed by atoms with van der Waals surface area (Å²) in [5, 5.41) is 13.5. The molecule has 6 nitrogen and oxygen atoms in total. The summed E-state index contributed by atoms with van der Waals surface area (Å²) in [5.74, 6) is 0.430. The van der Waals surface area contributed by atoms with Gasteiger partial charge >= 0.3 is 0 Å². The summed E-state index contributed by atoms with van der Waals surface area (Å²) < 4.78 is 5.74. The summed E-state index contributed by atoms with van der Waals surface area (Å²) in [7, 11) is 0. The van der Waals surface area contributed by atoms with Crippen LogP contribution < -0.4 is 10.1 Å². The van der Waals surface area contributed by atoms with E-state index in [0.29, 0.717) is 17.9 Å². The van der Waals surface area contributed by atoms with Crippen LogP contribution in [0.15, 0.2) is 78.9 Å². The molecule has 0 aliphatic carbocycles. The van der Waals surface area contributed by atoms with Gasteiger partial charge in [0.1, 0.15) is 12.4 Å². The van der Waals surface area contributed by atoms with Crippen LogP contribution in [0.3, 0.4) is 0 Å². The number of hydrogen-bond donors (Lipinski definition) is 1. The van der Waals surface area contributed by atoms with E-state index in [1.807, 2.05) is 54.6 Å². The van der Waals surface area contributed by atoms with Gasteiger partial charge in [0.2, 0.25) is 5.91 Å². The summed E-state index contributed by atoms with van der Waals surface area (Å²) in [6.45, 7) is 2.12. The topological polar surface area (TPSA) is 81.5 Å². The zero-order chi connectivity index (χ0) is 20.6. The van der Waals surface area contributed by atoms with E-state index in [-0.39, 0.29) is 11.6 Å². The maximum absolute atomic E-state index is 12.1. The van der Waals surface area contributed by atoms with Gasteiger partial charge in [0.05, 0.1) is 4.92 Å². The van der Waals surface area contributed by atoms with E-state index in [2.05, 4.69) is 5.32 Å². The average Bonchev–Trinajstić information content (AvgIpc) is 2.72. The number of ether oxygens (including phenoxy) is 1. The van der Waals surface area contributed by atoms with E-state index in [1.54, 1.807) is 19.1 Å². The van der Waals surface area contributed by atoms with Gasteiger partial charge in [0, 0.05) is 23.4 Å². The fourth-order valence-electron chi connectivity index (χ4n) is 2.71. The van der Waals surface area contributed by atoms with Crippen molar-refractivity contribution in [3.8, 4) is 5.75 Å². The van der Waals surface area contributed by atoms with Crippen molar-refractivity contribution < 1.29 is 14.5 Å². The van der Waals surface area contributed by atoms with Gasteiger partial charge in [-0.3, -0.25) is 14.9 Å². The lowest BCUT2D eigenvalue weighted by Crippen LogP contribution is -2.08. The Labute approximate surface area is 168 Å². The Morgan fingerprint density at radius 1 is 1.07 bits per heavy atom. The van der Waals surface area contributed by atoms with Crippen molar-refractivity contribution in [2.24, 2.45) is 0 Å². The molecule has 0 radical (unpaired) electrons. The first-order chi connectivity index (χ1) is 14.0. The lowest BCUT2D eigenvalue weighted by molar-refractivity contribution is -0.385. The minimum absolute atomic E-state index is 0.0214. The van der Waals surface area contributed by atoms with Crippen molar-refractivity contribution in [3.05, 3.63) is 106 Å². The van der Waals surface area contributed by atoms with Crippen LogP contribution in [-0.2, 0) is 11.4 Å². The minimum Gasteiger partial charge on any atom is -0.489 e. The normalized spacial score (nSPS) is 10.7. The number of amides is 1. The highest BCUT2D eigenvalue weighted by atomic mass is 16.6. The molecular formula is C23H20N2O4. The molecule has 3 aromatic rings. The third kappa shape index (κ3) is 5.77. The smallest absolute Gasteiger partial charge is 0.272 e. The minimum atomic E-state index is -0.450. The molecule has 0 atom stereocenters. The Kier molecular flexibility index (Phi) is 6.37. The van der Waals surface area contributed by atoms with Crippen LogP contribution in [0, 0.1) is 17.0 Å². The third-order valence-corrected chi connectivity index (χ3v) is 4.22. The molecule has 0 aliphatic rings. The van der Waals surface area contributed by atoms with Crippen LogP contribution in [-0.4, -0.2) is 10.8 Å². The molecule has 0 unspecified atom stereocenters. The quantitative estimate of drug-likeness (QED) is 0.345. The van der Waals surface area contributed by atoms with Gasteiger partial charge in [0.25, 0.3) is 5.69 Å². The number of nitrogens with zero attached hydrogens (tertiary/aromatic N) is 1. The van der Waals surface area contributed by atoms with Crippen molar-refractivity contribution in [2.75, 3.05) is 5.32 Å². The number of nitro groups is 1. The molecule has 0 fully saturated rings. The summed E-state index contributed by atoms with van der Waals surface area (Å²) >= 11 is 0. The predicted octanol–water partition coefficient (Wildman–Crippen LogP) is 5.13. The molecule has 1 amide bonds. The lowest BCUT2D eigenvalue weighted by Gasteiger charge is -2.06. The van der Waals surface area contributed by atoms with Crippen molar-refractivity contribution in [2.45, 2.75) is 13.5 Å². The molecule has 0 heterocycles. The molecule has 0 spiro atoms. The molecule has 1 N–H and O–H groups in total. The summed E-state index contributed by atoms with van der Waals surface area (Å²) in [4.78, 5) is 22.5. The molecule has 29 heavy (non-hydrogen) atoms. The number of anilines is 1. The molecule has 3 rings (SSSR count). The summed E-state index contributed by atoms with van der Waals surface area (Å²) in [6.07, 6.45) is 3.10. The van der Waals surface area contributed by atoms with E-state index in [0.717, 1.165) is 16.9 Å². The molecular weight excluding hydrogens is 368 g/mol. The lowest BCUT2D eigenvalue weighted by atomic mass is 10.1. The zero-order valence-corrected chi connectivity index (χ0v) is 15.9. The number of nitrogens with one attached hydrogen (secondary N) is 1. The summed E-state index contributed by atoms with van der Waals surface area (Å²) in [5.41, 5.74) is 2.96. The van der Waals surface area contributed by atoms with E-state index < -0.39 is 4.92 Å². The predicted molar refractivity (Wildman–Crippen MR) is 113 cm³/mol. The maximum Gasteiger partial charge on any atom is 0.272 e. The molecule has 0 bridgehead atoms. The molecule has 146 valence electrons. The first-order valence-corrected chi connectivity index (χ1v) is 9.02. The van der Waals surface area contributed by atoms with Crippen LogP contribution >= 0.6 is 0 Å². The fraction of sp³-hybridized carbons (Fsp3) is 0.0870. The van der Waals surface area contributed by atoms with Gasteiger partial charge < -0.3 is 10.1 Å². The van der Waals surface area contributed by atoms with Crippen LogP contribution in [0.2, 0.25) is 0 Å². The second-order valence-corrected chi connectivity index (χ2v) is 6.42. The highest BCUT2D eigenvalue weighted by Crippen LogP contribution is 2.21. The van der Waals surface area contributed by atoms with E-state index in [9.17, 15) is 14.9 Å². The molecule has 0 aromatic heterocycles. The second kappa shape index (κ2) is 9.32. The van der Waals surface area contributed by atoms with Gasteiger partial charge in [-0.15, -0.1) is 0 Å².